The SMILES string of the molecule is Cc1cnc(C(=O)Nc2c(C)cc(C)nc2C)cn1. The van der Waals surface area contributed by atoms with E-state index in [0.717, 1.165) is 28.3 Å². The van der Waals surface area contributed by atoms with Gasteiger partial charge in [0.1, 0.15) is 5.69 Å². The van der Waals surface area contributed by atoms with Gasteiger partial charge in [0, 0.05) is 11.9 Å². The number of carbonyl (C=O) groups is 1. The molecule has 0 bridgehead atoms. The van der Waals surface area contributed by atoms with Gasteiger partial charge in [-0.1, -0.05) is 0 Å². The number of nitrogens with zero attached hydrogens (tertiary/aromatic N) is 3. The van der Waals surface area contributed by atoms with Crippen LogP contribution in [0.3, 0.4) is 0 Å². The van der Waals surface area contributed by atoms with E-state index in [0.29, 0.717) is 5.69 Å². The fourth-order valence-corrected chi connectivity index (χ4v) is 1.90. The number of rotatable bonds is 2. The number of hydrogen-bond donors (Lipinski definition) is 1. The van der Waals surface area contributed by atoms with Crippen LogP contribution in [0, 0.1) is 27.7 Å². The van der Waals surface area contributed by atoms with Crippen LogP contribution in [-0.2, 0) is 0 Å². The van der Waals surface area contributed by atoms with Gasteiger partial charge in [-0.05, 0) is 39.3 Å². The third-order valence-electron chi connectivity index (χ3n) is 2.78. The Balaban J connectivity index is 2.26. The molecule has 98 valence electrons. The average Bonchev–Trinajstić information content (AvgIpc) is 2.34. The summed E-state index contributed by atoms with van der Waals surface area (Å²) in [4.78, 5) is 24.5. The summed E-state index contributed by atoms with van der Waals surface area (Å²) in [7, 11) is 0. The van der Waals surface area contributed by atoms with Gasteiger partial charge in [0.2, 0.25) is 0 Å². The smallest absolute Gasteiger partial charge is 0.275 e. The number of aromatic nitrogens is 3. The lowest BCUT2D eigenvalue weighted by atomic mass is 10.1. The second-order valence-corrected chi connectivity index (χ2v) is 4.54. The first-order valence-corrected chi connectivity index (χ1v) is 6.02. The molecule has 5 nitrogen and oxygen atoms in total. The number of amides is 1. The van der Waals surface area contributed by atoms with Gasteiger partial charge in [-0.15, -0.1) is 0 Å². The highest BCUT2D eigenvalue weighted by Gasteiger charge is 2.12. The predicted molar refractivity (Wildman–Crippen MR) is 73.2 cm³/mol. The maximum atomic E-state index is 12.1. The molecule has 1 N–H and O–H groups in total. The lowest BCUT2D eigenvalue weighted by Gasteiger charge is -2.11. The first-order valence-electron chi connectivity index (χ1n) is 6.02. The average molecular weight is 256 g/mol. The highest BCUT2D eigenvalue weighted by atomic mass is 16.1. The van der Waals surface area contributed by atoms with Gasteiger partial charge < -0.3 is 5.32 Å². The summed E-state index contributed by atoms with van der Waals surface area (Å²) in [5.41, 5.74) is 4.52. The van der Waals surface area contributed by atoms with Crippen molar-refractivity contribution in [3.63, 3.8) is 0 Å². The fraction of sp³-hybridized carbons (Fsp3) is 0.286. The van der Waals surface area contributed by atoms with Crippen LogP contribution in [-0.4, -0.2) is 20.9 Å². The van der Waals surface area contributed by atoms with Crippen LogP contribution < -0.4 is 5.32 Å². The first-order chi connectivity index (χ1) is 8.97. The van der Waals surface area contributed by atoms with E-state index in [1.54, 1.807) is 6.20 Å². The molecule has 19 heavy (non-hydrogen) atoms. The molecule has 2 heterocycles. The number of nitrogens with one attached hydrogen (secondary N) is 1. The van der Waals surface area contributed by atoms with Gasteiger partial charge in [-0.3, -0.25) is 14.8 Å². The summed E-state index contributed by atoms with van der Waals surface area (Å²) >= 11 is 0. The molecule has 0 atom stereocenters. The van der Waals surface area contributed by atoms with Gasteiger partial charge in [-0.2, -0.15) is 0 Å². The van der Waals surface area contributed by atoms with Crippen molar-refractivity contribution in [3.8, 4) is 0 Å². The zero-order valence-corrected chi connectivity index (χ0v) is 11.5. The largest absolute Gasteiger partial charge is 0.319 e. The molecule has 0 aliphatic rings. The zero-order chi connectivity index (χ0) is 14.0. The summed E-state index contributed by atoms with van der Waals surface area (Å²) in [5.74, 6) is -0.274. The molecule has 0 saturated heterocycles. The maximum absolute atomic E-state index is 12.1. The van der Waals surface area contributed by atoms with E-state index in [2.05, 4.69) is 20.3 Å². The lowest BCUT2D eigenvalue weighted by molar-refractivity contribution is 0.102. The molecule has 0 saturated carbocycles. The zero-order valence-electron chi connectivity index (χ0n) is 11.5. The van der Waals surface area contributed by atoms with Crippen molar-refractivity contribution in [2.45, 2.75) is 27.7 Å². The molecule has 0 aliphatic heterocycles. The van der Waals surface area contributed by atoms with E-state index in [-0.39, 0.29) is 5.91 Å². The van der Waals surface area contributed by atoms with Crippen LogP contribution in [0.2, 0.25) is 0 Å². The fourth-order valence-electron chi connectivity index (χ4n) is 1.90. The maximum Gasteiger partial charge on any atom is 0.275 e. The molecule has 0 aromatic carbocycles. The van der Waals surface area contributed by atoms with Gasteiger partial charge in [0.05, 0.1) is 23.3 Å². The highest BCUT2D eigenvalue weighted by Crippen LogP contribution is 2.19. The van der Waals surface area contributed by atoms with E-state index in [1.165, 1.54) is 6.20 Å². The molecular weight excluding hydrogens is 240 g/mol. The Kier molecular flexibility index (Phi) is 3.55. The van der Waals surface area contributed by atoms with Crippen molar-refractivity contribution in [1.29, 1.82) is 0 Å². The van der Waals surface area contributed by atoms with Crippen molar-refractivity contribution >= 4 is 11.6 Å². The Morgan fingerprint density at radius 3 is 2.37 bits per heavy atom. The van der Waals surface area contributed by atoms with Crippen molar-refractivity contribution in [3.05, 3.63) is 46.8 Å². The van der Waals surface area contributed by atoms with Crippen LogP contribution in [0.1, 0.15) is 33.1 Å². The van der Waals surface area contributed by atoms with E-state index < -0.39 is 0 Å². The monoisotopic (exact) mass is 256 g/mol. The minimum absolute atomic E-state index is 0.274. The van der Waals surface area contributed by atoms with Crippen LogP contribution in [0.15, 0.2) is 18.5 Å². The van der Waals surface area contributed by atoms with Crippen molar-refractivity contribution in [1.82, 2.24) is 15.0 Å². The van der Waals surface area contributed by atoms with E-state index in [4.69, 9.17) is 0 Å². The second-order valence-electron chi connectivity index (χ2n) is 4.54. The number of aryl methyl sites for hydroxylation is 4. The number of hydrogen-bond acceptors (Lipinski definition) is 4. The van der Waals surface area contributed by atoms with Crippen molar-refractivity contribution in [2.75, 3.05) is 5.32 Å². The summed E-state index contributed by atoms with van der Waals surface area (Å²) < 4.78 is 0. The number of carbonyl (C=O) groups excluding carboxylic acids is 1. The Bertz CT molecular complexity index is 597. The summed E-state index contributed by atoms with van der Waals surface area (Å²) in [6, 6.07) is 1.93. The standard InChI is InChI=1S/C14H16N4O/c1-8-5-9(2)17-11(4)13(8)18-14(19)12-7-15-10(3)6-16-12/h5-7H,1-4H3,(H,18,19). The predicted octanol–water partition coefficient (Wildman–Crippen LogP) is 2.36. The van der Waals surface area contributed by atoms with E-state index in [1.807, 2.05) is 33.8 Å². The second kappa shape index (κ2) is 5.14. The summed E-state index contributed by atoms with van der Waals surface area (Å²) in [6.45, 7) is 7.57. The molecule has 2 rings (SSSR count). The lowest BCUT2D eigenvalue weighted by Crippen LogP contribution is -2.16. The quantitative estimate of drug-likeness (QED) is 0.895. The van der Waals surface area contributed by atoms with Crippen LogP contribution in [0.25, 0.3) is 0 Å². The Hall–Kier alpha value is -2.30. The molecule has 0 aliphatic carbocycles. The summed E-state index contributed by atoms with van der Waals surface area (Å²) in [6.07, 6.45) is 3.04. The first kappa shape index (κ1) is 13.1. The van der Waals surface area contributed by atoms with Gasteiger partial charge in [0.25, 0.3) is 5.91 Å². The van der Waals surface area contributed by atoms with E-state index >= 15 is 0 Å². The molecule has 0 radical (unpaired) electrons. The third kappa shape index (κ3) is 2.93. The summed E-state index contributed by atoms with van der Waals surface area (Å²) in [5, 5.41) is 2.84. The molecule has 0 unspecified atom stereocenters. The van der Waals surface area contributed by atoms with Crippen LogP contribution in [0.4, 0.5) is 5.69 Å². The van der Waals surface area contributed by atoms with Crippen LogP contribution in [0.5, 0.6) is 0 Å². The van der Waals surface area contributed by atoms with Gasteiger partial charge in [0.15, 0.2) is 0 Å². The number of anilines is 1. The molecule has 2 aromatic rings. The Morgan fingerprint density at radius 2 is 1.79 bits per heavy atom. The normalized spacial score (nSPS) is 10.3. The van der Waals surface area contributed by atoms with Gasteiger partial charge >= 0.3 is 0 Å². The van der Waals surface area contributed by atoms with E-state index in [9.17, 15) is 4.79 Å². The Labute approximate surface area is 112 Å². The van der Waals surface area contributed by atoms with Crippen molar-refractivity contribution < 1.29 is 4.79 Å². The van der Waals surface area contributed by atoms with Crippen molar-refractivity contribution in [2.24, 2.45) is 0 Å². The third-order valence-corrected chi connectivity index (χ3v) is 2.78. The molecule has 1 amide bonds. The minimum atomic E-state index is -0.274. The molecular formula is C14H16N4O. The Morgan fingerprint density at radius 1 is 1.05 bits per heavy atom. The number of pyridine rings is 1. The minimum Gasteiger partial charge on any atom is -0.319 e. The highest BCUT2D eigenvalue weighted by molar-refractivity contribution is 6.03. The molecule has 2 aromatic heterocycles. The van der Waals surface area contributed by atoms with Gasteiger partial charge in [-0.25, -0.2) is 4.98 Å². The molecule has 0 fully saturated rings. The van der Waals surface area contributed by atoms with Crippen LogP contribution >= 0.6 is 0 Å². The molecule has 5 heteroatoms. The molecule has 0 spiro atoms. The topological polar surface area (TPSA) is 67.8 Å².